The van der Waals surface area contributed by atoms with E-state index in [2.05, 4.69) is 0 Å². The van der Waals surface area contributed by atoms with Gasteiger partial charge in [-0.1, -0.05) is 6.08 Å². The average molecular weight is 299 g/mol. The molecule has 0 aromatic heterocycles. The minimum absolute atomic E-state index is 0.0861. The van der Waals surface area contributed by atoms with Gasteiger partial charge in [-0.3, -0.25) is 9.63 Å². The fourth-order valence-electron chi connectivity index (χ4n) is 2.78. The number of hydrogen-bond acceptors (Lipinski definition) is 7. The molecule has 0 bridgehead atoms. The van der Waals surface area contributed by atoms with E-state index in [1.807, 2.05) is 0 Å². The van der Waals surface area contributed by atoms with Gasteiger partial charge >= 0.3 is 5.97 Å². The third-order valence-electron chi connectivity index (χ3n) is 3.72. The lowest BCUT2D eigenvalue weighted by Crippen LogP contribution is -2.60. The number of carbonyl (C=O) groups is 2. The second-order valence-electron chi connectivity index (χ2n) is 5.65. The van der Waals surface area contributed by atoms with Crippen LogP contribution in [0.25, 0.3) is 0 Å². The van der Waals surface area contributed by atoms with E-state index >= 15 is 0 Å². The molecule has 118 valence electrons. The molecule has 0 aromatic carbocycles. The molecule has 21 heavy (non-hydrogen) atoms. The first-order valence-electron chi connectivity index (χ1n) is 6.88. The number of carbonyl (C=O) groups excluding carboxylic acids is 2. The van der Waals surface area contributed by atoms with Gasteiger partial charge in [0.15, 0.2) is 5.79 Å². The first-order valence-corrected chi connectivity index (χ1v) is 6.88. The number of Topliss-reactive ketones (excluding diaryl/α,β-unsaturated/α-hetero) is 1. The average Bonchev–Trinajstić information content (AvgIpc) is 2.72. The molecule has 4 atom stereocenters. The summed E-state index contributed by atoms with van der Waals surface area (Å²) in [5, 5.41) is 0. The minimum atomic E-state index is -1.61. The first kappa shape index (κ1) is 16.1. The van der Waals surface area contributed by atoms with Gasteiger partial charge in [0.05, 0.1) is 12.5 Å². The maximum absolute atomic E-state index is 12.3. The Balaban J connectivity index is 2.45. The van der Waals surface area contributed by atoms with Gasteiger partial charge in [-0.15, -0.1) is 0 Å². The lowest BCUT2D eigenvalue weighted by atomic mass is 9.78. The summed E-state index contributed by atoms with van der Waals surface area (Å²) in [5.74, 6) is 3.14. The third kappa shape index (κ3) is 2.62. The van der Waals surface area contributed by atoms with Crippen molar-refractivity contribution >= 4 is 11.8 Å². The van der Waals surface area contributed by atoms with Crippen LogP contribution in [-0.4, -0.2) is 42.0 Å². The van der Waals surface area contributed by atoms with Crippen LogP contribution in [0.15, 0.2) is 12.2 Å². The quantitative estimate of drug-likeness (QED) is 0.458. The van der Waals surface area contributed by atoms with Gasteiger partial charge < -0.3 is 14.2 Å². The Morgan fingerprint density at radius 3 is 2.52 bits per heavy atom. The zero-order valence-corrected chi connectivity index (χ0v) is 12.6. The van der Waals surface area contributed by atoms with E-state index in [0.717, 1.165) is 0 Å². The number of rotatable bonds is 4. The Morgan fingerprint density at radius 1 is 1.33 bits per heavy atom. The van der Waals surface area contributed by atoms with Crippen LogP contribution in [0.1, 0.15) is 27.7 Å². The normalized spacial score (nSPS) is 37.1. The summed E-state index contributed by atoms with van der Waals surface area (Å²) in [6.07, 6.45) is 1.49. The molecule has 0 aromatic rings. The molecule has 0 unspecified atom stereocenters. The van der Waals surface area contributed by atoms with E-state index < -0.39 is 35.5 Å². The molecule has 1 aliphatic heterocycles. The summed E-state index contributed by atoms with van der Waals surface area (Å²) in [4.78, 5) is 29.0. The summed E-state index contributed by atoms with van der Waals surface area (Å²) in [5.41, 5.74) is -1.61. The SMILES string of the molecule is CCOC(=O)[C@]1(ON)C=C[C@@H](C(C)=O)[C@@H]2OC(C)(C)O[C@@H]21. The van der Waals surface area contributed by atoms with Gasteiger partial charge in [-0.25, -0.2) is 10.7 Å². The van der Waals surface area contributed by atoms with Crippen LogP contribution in [-0.2, 0) is 28.6 Å². The molecule has 1 heterocycles. The highest BCUT2D eigenvalue weighted by Crippen LogP contribution is 2.43. The van der Waals surface area contributed by atoms with Gasteiger partial charge in [0.25, 0.3) is 0 Å². The van der Waals surface area contributed by atoms with Crippen molar-refractivity contribution in [3.05, 3.63) is 12.2 Å². The largest absolute Gasteiger partial charge is 0.463 e. The number of esters is 1. The van der Waals surface area contributed by atoms with E-state index in [1.165, 1.54) is 13.0 Å². The van der Waals surface area contributed by atoms with Gasteiger partial charge in [-0.05, 0) is 33.8 Å². The van der Waals surface area contributed by atoms with Crippen molar-refractivity contribution in [3.63, 3.8) is 0 Å². The van der Waals surface area contributed by atoms with Gasteiger partial charge in [0, 0.05) is 0 Å². The summed E-state index contributed by atoms with van der Waals surface area (Å²) < 4.78 is 16.6. The molecule has 2 N–H and O–H groups in total. The van der Waals surface area contributed by atoms with Gasteiger partial charge in [0.1, 0.15) is 18.0 Å². The zero-order chi connectivity index (χ0) is 15.8. The Hall–Kier alpha value is -1.28. The monoisotopic (exact) mass is 299 g/mol. The fourth-order valence-corrected chi connectivity index (χ4v) is 2.78. The summed E-state index contributed by atoms with van der Waals surface area (Å²) in [6, 6.07) is 0. The standard InChI is InChI=1S/C14H21NO6/c1-5-18-12(17)14(21-15)7-6-9(8(2)16)10-11(14)20-13(3,4)19-10/h6-7,9-11H,5,15H2,1-4H3/t9-,10-,11-,14-/m0/s1. The highest BCUT2D eigenvalue weighted by molar-refractivity contribution is 5.86. The van der Waals surface area contributed by atoms with Crippen LogP contribution in [0.3, 0.4) is 0 Å². The Bertz CT molecular complexity index is 474. The predicted octanol–water partition coefficient (Wildman–Crippen LogP) is 0.474. The highest BCUT2D eigenvalue weighted by atomic mass is 16.8. The maximum Gasteiger partial charge on any atom is 0.347 e. The van der Waals surface area contributed by atoms with Crippen LogP contribution in [0.5, 0.6) is 0 Å². The molecule has 0 amide bonds. The summed E-state index contributed by atoms with van der Waals surface area (Å²) in [7, 11) is 0. The molecular formula is C14H21NO6. The highest BCUT2D eigenvalue weighted by Gasteiger charge is 2.61. The summed E-state index contributed by atoms with van der Waals surface area (Å²) >= 11 is 0. The first-order chi connectivity index (χ1) is 9.77. The van der Waals surface area contributed by atoms with Crippen LogP contribution in [0.4, 0.5) is 0 Å². The number of nitrogens with two attached hydrogens (primary N) is 1. The second kappa shape index (κ2) is 5.49. The molecule has 1 saturated heterocycles. The fraction of sp³-hybridized carbons (Fsp3) is 0.714. The molecule has 2 rings (SSSR count). The van der Waals surface area contributed by atoms with Crippen molar-refractivity contribution in [2.24, 2.45) is 11.8 Å². The maximum atomic E-state index is 12.3. The Labute approximate surface area is 123 Å². The van der Waals surface area contributed by atoms with E-state index in [0.29, 0.717) is 0 Å². The van der Waals surface area contributed by atoms with Crippen molar-refractivity contribution in [2.75, 3.05) is 6.61 Å². The molecule has 1 aliphatic carbocycles. The Morgan fingerprint density at radius 2 is 2.00 bits per heavy atom. The summed E-state index contributed by atoms with van der Waals surface area (Å²) in [6.45, 7) is 6.72. The number of ketones is 1. The molecule has 2 aliphatic rings. The molecule has 7 nitrogen and oxygen atoms in total. The van der Waals surface area contributed by atoms with Crippen molar-refractivity contribution in [3.8, 4) is 0 Å². The van der Waals surface area contributed by atoms with E-state index in [1.54, 1.807) is 26.8 Å². The smallest absolute Gasteiger partial charge is 0.347 e. The number of ether oxygens (including phenoxy) is 3. The predicted molar refractivity (Wildman–Crippen MR) is 71.8 cm³/mol. The van der Waals surface area contributed by atoms with E-state index in [4.69, 9.17) is 24.9 Å². The molecule has 0 radical (unpaired) electrons. The van der Waals surface area contributed by atoms with Crippen LogP contribution in [0, 0.1) is 5.92 Å². The van der Waals surface area contributed by atoms with Crippen molar-refractivity contribution < 1.29 is 28.6 Å². The second-order valence-corrected chi connectivity index (χ2v) is 5.65. The van der Waals surface area contributed by atoms with Crippen molar-refractivity contribution in [2.45, 2.75) is 51.3 Å². The number of hydrogen-bond donors (Lipinski definition) is 1. The molecular weight excluding hydrogens is 278 g/mol. The third-order valence-corrected chi connectivity index (χ3v) is 3.72. The minimum Gasteiger partial charge on any atom is -0.463 e. The van der Waals surface area contributed by atoms with Crippen molar-refractivity contribution in [1.82, 2.24) is 0 Å². The topological polar surface area (TPSA) is 97.1 Å². The van der Waals surface area contributed by atoms with Gasteiger partial charge in [0.2, 0.25) is 5.60 Å². The molecule has 1 fully saturated rings. The van der Waals surface area contributed by atoms with Gasteiger partial charge in [-0.2, -0.15) is 0 Å². The lowest BCUT2D eigenvalue weighted by molar-refractivity contribution is -0.195. The lowest BCUT2D eigenvalue weighted by Gasteiger charge is -2.38. The molecule has 7 heteroatoms. The van der Waals surface area contributed by atoms with E-state index in [9.17, 15) is 9.59 Å². The van der Waals surface area contributed by atoms with Crippen LogP contribution >= 0.6 is 0 Å². The number of fused-ring (bicyclic) bond motifs is 1. The molecule has 0 saturated carbocycles. The van der Waals surface area contributed by atoms with E-state index in [-0.39, 0.29) is 12.4 Å². The van der Waals surface area contributed by atoms with Crippen LogP contribution in [0.2, 0.25) is 0 Å². The Kier molecular flexibility index (Phi) is 4.21. The van der Waals surface area contributed by atoms with Crippen molar-refractivity contribution in [1.29, 1.82) is 0 Å². The van der Waals surface area contributed by atoms with Crippen LogP contribution < -0.4 is 5.90 Å². The molecule has 0 spiro atoms. The zero-order valence-electron chi connectivity index (χ0n) is 12.6.